The van der Waals surface area contributed by atoms with Crippen molar-refractivity contribution in [2.75, 3.05) is 4.90 Å². The molecule has 0 aromatic heterocycles. The van der Waals surface area contributed by atoms with E-state index < -0.39 is 20.0 Å². The lowest BCUT2D eigenvalue weighted by Crippen LogP contribution is -2.30. The maximum atomic E-state index is 13.4. The molecule has 0 spiro atoms. The highest BCUT2D eigenvalue weighted by Gasteiger charge is 2.39. The van der Waals surface area contributed by atoms with Crippen LogP contribution < -0.4 is 4.90 Å². The van der Waals surface area contributed by atoms with Crippen molar-refractivity contribution in [3.05, 3.63) is 100 Å². The number of hydrogen-bond acceptors (Lipinski definition) is 5. The molecule has 0 bridgehead atoms. The van der Waals surface area contributed by atoms with E-state index >= 15 is 0 Å². The second-order valence-electron chi connectivity index (χ2n) is 7.02. The highest BCUT2D eigenvalue weighted by atomic mass is 32.2. The molecule has 1 atom stereocenters. The Kier molecular flexibility index (Phi) is 5.09. The summed E-state index contributed by atoms with van der Waals surface area (Å²) in [7, 11) is -3.80. The Morgan fingerprint density at radius 3 is 2.23 bits per heavy atom. The molecule has 1 aliphatic heterocycles. The lowest BCUT2D eigenvalue weighted by molar-refractivity contribution is -0.384. The van der Waals surface area contributed by atoms with Crippen LogP contribution in [0.25, 0.3) is 0 Å². The number of sulfone groups is 1. The summed E-state index contributed by atoms with van der Waals surface area (Å²) in [6.45, 7) is 0.116. The lowest BCUT2D eigenvalue weighted by Gasteiger charge is -2.22. The molecule has 0 saturated heterocycles. The van der Waals surface area contributed by atoms with Crippen molar-refractivity contribution in [3.63, 3.8) is 0 Å². The number of nitro groups is 1. The number of carbonyl (C=O) groups is 1. The Bertz CT molecular complexity index is 1210. The lowest BCUT2D eigenvalue weighted by atomic mass is 10.1. The van der Waals surface area contributed by atoms with Gasteiger partial charge in [-0.2, -0.15) is 0 Å². The van der Waals surface area contributed by atoms with Gasteiger partial charge < -0.3 is 4.90 Å². The van der Waals surface area contributed by atoms with Gasteiger partial charge in [-0.25, -0.2) is 8.42 Å². The van der Waals surface area contributed by atoms with Crippen molar-refractivity contribution in [3.8, 4) is 0 Å². The van der Waals surface area contributed by atoms with E-state index in [4.69, 9.17) is 0 Å². The Hall–Kier alpha value is -3.52. The predicted molar refractivity (Wildman–Crippen MR) is 112 cm³/mol. The number of hydrogen-bond donors (Lipinski definition) is 0. The fourth-order valence-electron chi connectivity index (χ4n) is 3.63. The van der Waals surface area contributed by atoms with Gasteiger partial charge in [0.2, 0.25) is 5.91 Å². The number of amides is 1. The summed E-state index contributed by atoms with van der Waals surface area (Å²) in [6, 6.07) is 21.1. The molecule has 8 heteroatoms. The van der Waals surface area contributed by atoms with Crippen LogP contribution in [0.15, 0.2) is 83.8 Å². The Morgan fingerprint density at radius 1 is 0.933 bits per heavy atom. The number of benzene rings is 3. The predicted octanol–water partition coefficient (Wildman–Crippen LogP) is 4.05. The van der Waals surface area contributed by atoms with E-state index in [1.165, 1.54) is 23.1 Å². The molecular formula is C22H18N2O5S. The van der Waals surface area contributed by atoms with Gasteiger partial charge in [-0.1, -0.05) is 54.6 Å². The topological polar surface area (TPSA) is 97.6 Å². The van der Waals surface area contributed by atoms with E-state index in [2.05, 4.69) is 0 Å². The quantitative estimate of drug-likeness (QED) is 0.467. The van der Waals surface area contributed by atoms with Crippen molar-refractivity contribution in [2.45, 2.75) is 23.1 Å². The Labute approximate surface area is 173 Å². The number of para-hydroxylation sites is 1. The van der Waals surface area contributed by atoms with Crippen LogP contribution in [-0.4, -0.2) is 19.2 Å². The molecule has 0 radical (unpaired) electrons. The van der Waals surface area contributed by atoms with Crippen LogP contribution in [0.1, 0.15) is 22.8 Å². The Balaban J connectivity index is 1.78. The molecule has 152 valence electrons. The first-order valence-corrected chi connectivity index (χ1v) is 10.8. The van der Waals surface area contributed by atoms with Crippen LogP contribution >= 0.6 is 0 Å². The molecule has 0 fully saturated rings. The summed E-state index contributed by atoms with van der Waals surface area (Å²) in [6.07, 6.45) is -0.186. The van der Waals surface area contributed by atoms with Crippen LogP contribution in [0.5, 0.6) is 0 Å². The standard InChI is InChI=1S/C22H18N2O5S/c25-22-14-21(17-6-2-1-3-7-17)30(28,29)20-9-5-4-8-19(20)23(22)15-16-10-12-18(13-11-16)24(26)27/h1-13,21H,14-15H2. The van der Waals surface area contributed by atoms with Crippen LogP contribution in [-0.2, 0) is 21.2 Å². The molecular weight excluding hydrogens is 404 g/mol. The first-order valence-electron chi connectivity index (χ1n) is 9.29. The molecule has 0 saturated carbocycles. The highest BCUT2D eigenvalue weighted by molar-refractivity contribution is 7.92. The monoisotopic (exact) mass is 422 g/mol. The summed E-state index contributed by atoms with van der Waals surface area (Å²) < 4.78 is 26.9. The van der Waals surface area contributed by atoms with Crippen LogP contribution in [0.2, 0.25) is 0 Å². The van der Waals surface area contributed by atoms with Gasteiger partial charge in [0.15, 0.2) is 9.84 Å². The third-order valence-electron chi connectivity index (χ3n) is 5.16. The molecule has 3 aromatic carbocycles. The molecule has 1 heterocycles. The second kappa shape index (κ2) is 7.72. The largest absolute Gasteiger partial charge is 0.307 e. The maximum absolute atomic E-state index is 13.4. The average molecular weight is 422 g/mol. The van der Waals surface area contributed by atoms with Gasteiger partial charge in [0.05, 0.1) is 27.3 Å². The van der Waals surface area contributed by atoms with Gasteiger partial charge in [0.1, 0.15) is 0 Å². The van der Waals surface area contributed by atoms with Crippen molar-refractivity contribution in [2.24, 2.45) is 0 Å². The van der Waals surface area contributed by atoms with Crippen molar-refractivity contribution in [1.82, 2.24) is 0 Å². The van der Waals surface area contributed by atoms with Gasteiger partial charge in [0.25, 0.3) is 5.69 Å². The minimum atomic E-state index is -3.80. The summed E-state index contributed by atoms with van der Waals surface area (Å²) in [5, 5.41) is 9.90. The maximum Gasteiger partial charge on any atom is 0.269 e. The zero-order valence-electron chi connectivity index (χ0n) is 15.8. The number of nitro benzene ring substituents is 1. The first-order chi connectivity index (χ1) is 14.4. The van der Waals surface area contributed by atoms with Gasteiger partial charge >= 0.3 is 0 Å². The fraction of sp³-hybridized carbons (Fsp3) is 0.136. The van der Waals surface area contributed by atoms with Gasteiger partial charge in [0, 0.05) is 18.6 Å². The third-order valence-corrected chi connectivity index (χ3v) is 7.30. The molecule has 1 amide bonds. The number of fused-ring (bicyclic) bond motifs is 1. The van der Waals surface area contributed by atoms with E-state index in [1.807, 2.05) is 0 Å². The van der Waals surface area contributed by atoms with Crippen LogP contribution in [0.4, 0.5) is 11.4 Å². The molecule has 4 rings (SSSR count). The van der Waals surface area contributed by atoms with Gasteiger partial charge in [-0.15, -0.1) is 0 Å². The third kappa shape index (κ3) is 3.57. The minimum absolute atomic E-state index is 0.0481. The molecule has 1 unspecified atom stereocenters. The average Bonchev–Trinajstić information content (AvgIpc) is 2.83. The number of carbonyl (C=O) groups excluding carboxylic acids is 1. The van der Waals surface area contributed by atoms with Crippen LogP contribution in [0, 0.1) is 10.1 Å². The van der Waals surface area contributed by atoms with Crippen molar-refractivity contribution < 1.29 is 18.1 Å². The van der Waals surface area contributed by atoms with Gasteiger partial charge in [-0.3, -0.25) is 14.9 Å². The number of anilines is 1. The summed E-state index contributed by atoms with van der Waals surface area (Å²) in [5.41, 5.74) is 1.50. The zero-order chi connectivity index (χ0) is 21.3. The molecule has 3 aromatic rings. The van der Waals surface area contributed by atoms with E-state index in [1.54, 1.807) is 60.7 Å². The number of nitrogens with zero attached hydrogens (tertiary/aromatic N) is 2. The van der Waals surface area contributed by atoms with Crippen LogP contribution in [0.3, 0.4) is 0 Å². The van der Waals surface area contributed by atoms with E-state index in [0.717, 1.165) is 0 Å². The summed E-state index contributed by atoms with van der Waals surface area (Å²) in [4.78, 5) is 25.1. The molecule has 0 N–H and O–H groups in total. The van der Waals surface area contributed by atoms with Gasteiger partial charge in [-0.05, 0) is 23.3 Å². The van der Waals surface area contributed by atoms with Crippen molar-refractivity contribution >= 4 is 27.1 Å². The van der Waals surface area contributed by atoms with E-state index in [0.29, 0.717) is 16.8 Å². The summed E-state index contributed by atoms with van der Waals surface area (Å²) >= 11 is 0. The SMILES string of the molecule is O=C1CC(c2ccccc2)S(=O)(=O)c2ccccc2N1Cc1ccc([N+](=O)[O-])cc1. The number of non-ortho nitro benzene ring substituents is 1. The summed E-state index contributed by atoms with van der Waals surface area (Å²) in [5.74, 6) is -0.323. The molecule has 1 aliphatic rings. The normalized spacial score (nSPS) is 17.8. The van der Waals surface area contributed by atoms with Crippen molar-refractivity contribution in [1.29, 1.82) is 0 Å². The Morgan fingerprint density at radius 2 is 1.57 bits per heavy atom. The number of rotatable bonds is 4. The first kappa shape index (κ1) is 19.8. The molecule has 30 heavy (non-hydrogen) atoms. The minimum Gasteiger partial charge on any atom is -0.307 e. The smallest absolute Gasteiger partial charge is 0.269 e. The highest BCUT2D eigenvalue weighted by Crippen LogP contribution is 2.41. The molecule has 7 nitrogen and oxygen atoms in total. The fourth-order valence-corrected chi connectivity index (χ4v) is 5.55. The zero-order valence-corrected chi connectivity index (χ0v) is 16.7. The second-order valence-corrected chi connectivity index (χ2v) is 9.12. The molecule has 0 aliphatic carbocycles. The van der Waals surface area contributed by atoms with E-state index in [-0.39, 0.29) is 29.5 Å². The van der Waals surface area contributed by atoms with E-state index in [9.17, 15) is 23.3 Å².